The number of rotatable bonds is 6. The van der Waals surface area contributed by atoms with Crippen molar-refractivity contribution in [3.05, 3.63) is 46.6 Å². The van der Waals surface area contributed by atoms with Gasteiger partial charge in [0.15, 0.2) is 0 Å². The lowest BCUT2D eigenvalue weighted by molar-refractivity contribution is -0.126. The first-order valence-corrected chi connectivity index (χ1v) is 6.97. The van der Waals surface area contributed by atoms with Crippen LogP contribution >= 0.6 is 11.6 Å². The van der Waals surface area contributed by atoms with Gasteiger partial charge in [-0.15, -0.1) is 0 Å². The van der Waals surface area contributed by atoms with Crippen molar-refractivity contribution in [2.24, 2.45) is 5.73 Å². The van der Waals surface area contributed by atoms with E-state index in [0.717, 1.165) is 5.56 Å². The normalized spacial score (nSPS) is 10.7. The van der Waals surface area contributed by atoms with Crippen LogP contribution in [0.3, 0.4) is 0 Å². The van der Waals surface area contributed by atoms with E-state index in [9.17, 15) is 9.59 Å². The number of halogens is 1. The minimum absolute atomic E-state index is 0.155. The predicted molar refractivity (Wildman–Crippen MR) is 83.4 cm³/mol. The molecule has 1 aromatic rings. The topological polar surface area (TPSA) is 99.2 Å². The van der Waals surface area contributed by atoms with Gasteiger partial charge in [0.2, 0.25) is 5.91 Å². The molecule has 0 unspecified atom stereocenters. The van der Waals surface area contributed by atoms with E-state index in [2.05, 4.69) is 5.32 Å². The Morgan fingerprint density at radius 2 is 2.05 bits per heavy atom. The number of carbonyl (C=O) groups excluding carboxylic acids is 2. The number of amides is 2. The van der Waals surface area contributed by atoms with E-state index in [1.165, 1.54) is 18.0 Å². The molecule has 0 atom stereocenters. The maximum atomic E-state index is 12.0. The second-order valence-corrected chi connectivity index (χ2v) is 4.90. The maximum Gasteiger partial charge on any atom is 0.263 e. The first kappa shape index (κ1) is 17.7. The van der Waals surface area contributed by atoms with Crippen molar-refractivity contribution in [1.29, 1.82) is 5.26 Å². The van der Waals surface area contributed by atoms with E-state index < -0.39 is 5.91 Å². The number of nitrogens with one attached hydrogen (secondary N) is 1. The molecular weight excluding hydrogens is 304 g/mol. The molecule has 2 amide bonds. The lowest BCUT2D eigenvalue weighted by Crippen LogP contribution is -2.31. The second-order valence-electron chi connectivity index (χ2n) is 4.46. The van der Waals surface area contributed by atoms with Gasteiger partial charge in [-0.05, 0) is 17.7 Å². The summed E-state index contributed by atoms with van der Waals surface area (Å²) in [4.78, 5) is 24.6. The van der Waals surface area contributed by atoms with E-state index in [4.69, 9.17) is 22.6 Å². The third-order valence-electron chi connectivity index (χ3n) is 2.79. The van der Waals surface area contributed by atoms with E-state index in [-0.39, 0.29) is 31.1 Å². The summed E-state index contributed by atoms with van der Waals surface area (Å²) in [6.07, 6.45) is 1.21. The largest absolute Gasteiger partial charge is 0.347 e. The quantitative estimate of drug-likeness (QED) is 0.607. The lowest BCUT2D eigenvalue weighted by atomic mass is 10.2. The average molecular weight is 321 g/mol. The predicted octanol–water partition coefficient (Wildman–Crippen LogP) is 1.17. The molecule has 0 aliphatic carbocycles. The van der Waals surface area contributed by atoms with Gasteiger partial charge in [-0.2, -0.15) is 5.26 Å². The SMILES string of the molecule is CC(=O)N(/C=C(/C#N)C(=O)NCc1ccc(Cl)cc1)CCN. The van der Waals surface area contributed by atoms with Crippen molar-refractivity contribution in [3.63, 3.8) is 0 Å². The van der Waals surface area contributed by atoms with Gasteiger partial charge in [0.25, 0.3) is 5.91 Å². The van der Waals surface area contributed by atoms with Gasteiger partial charge in [0, 0.05) is 37.8 Å². The molecule has 0 fully saturated rings. The zero-order valence-corrected chi connectivity index (χ0v) is 12.9. The molecule has 0 aliphatic rings. The highest BCUT2D eigenvalue weighted by Gasteiger charge is 2.13. The van der Waals surface area contributed by atoms with Crippen molar-refractivity contribution < 1.29 is 9.59 Å². The Morgan fingerprint density at radius 1 is 1.41 bits per heavy atom. The van der Waals surface area contributed by atoms with Crippen molar-refractivity contribution in [1.82, 2.24) is 10.2 Å². The molecular formula is C15H17ClN4O2. The van der Waals surface area contributed by atoms with Crippen molar-refractivity contribution >= 4 is 23.4 Å². The Bertz CT molecular complexity index is 605. The third kappa shape index (κ3) is 5.56. The van der Waals surface area contributed by atoms with E-state index >= 15 is 0 Å². The monoisotopic (exact) mass is 320 g/mol. The Hall–Kier alpha value is -2.36. The number of carbonyl (C=O) groups is 2. The molecule has 0 aromatic heterocycles. The number of benzene rings is 1. The molecule has 0 aliphatic heterocycles. The fourth-order valence-corrected chi connectivity index (χ4v) is 1.75. The summed E-state index contributed by atoms with van der Waals surface area (Å²) < 4.78 is 0. The van der Waals surface area contributed by atoms with Crippen molar-refractivity contribution in [2.75, 3.05) is 13.1 Å². The summed E-state index contributed by atoms with van der Waals surface area (Å²) in [6.45, 7) is 2.07. The molecule has 0 heterocycles. The number of hydrogen-bond donors (Lipinski definition) is 2. The molecule has 0 bridgehead atoms. The highest BCUT2D eigenvalue weighted by atomic mass is 35.5. The summed E-state index contributed by atoms with van der Waals surface area (Å²) in [7, 11) is 0. The molecule has 0 saturated heterocycles. The van der Waals surface area contributed by atoms with Crippen LogP contribution in [0.25, 0.3) is 0 Å². The highest BCUT2D eigenvalue weighted by Crippen LogP contribution is 2.09. The summed E-state index contributed by atoms with van der Waals surface area (Å²) in [5, 5.41) is 12.3. The van der Waals surface area contributed by atoms with Gasteiger partial charge in [-0.3, -0.25) is 9.59 Å². The van der Waals surface area contributed by atoms with E-state index in [0.29, 0.717) is 5.02 Å². The van der Waals surface area contributed by atoms with Crippen molar-refractivity contribution in [3.8, 4) is 6.07 Å². The van der Waals surface area contributed by atoms with Gasteiger partial charge in [0.05, 0.1) is 0 Å². The summed E-state index contributed by atoms with van der Waals surface area (Å²) in [6, 6.07) is 8.75. The van der Waals surface area contributed by atoms with Gasteiger partial charge in [0.1, 0.15) is 11.6 Å². The van der Waals surface area contributed by atoms with Crippen molar-refractivity contribution in [2.45, 2.75) is 13.5 Å². The van der Waals surface area contributed by atoms with Crippen LogP contribution in [0.15, 0.2) is 36.0 Å². The molecule has 6 nitrogen and oxygen atoms in total. The summed E-state index contributed by atoms with van der Waals surface area (Å²) in [5.41, 5.74) is 6.08. The smallest absolute Gasteiger partial charge is 0.263 e. The molecule has 22 heavy (non-hydrogen) atoms. The minimum atomic E-state index is -0.555. The molecule has 0 radical (unpaired) electrons. The summed E-state index contributed by atoms with van der Waals surface area (Å²) >= 11 is 5.78. The number of hydrogen-bond acceptors (Lipinski definition) is 4. The molecule has 1 aromatic carbocycles. The number of nitrogens with zero attached hydrogens (tertiary/aromatic N) is 2. The minimum Gasteiger partial charge on any atom is -0.347 e. The molecule has 116 valence electrons. The Labute approximate surface area is 134 Å². The van der Waals surface area contributed by atoms with Gasteiger partial charge in [-0.1, -0.05) is 23.7 Å². The number of nitriles is 1. The first-order valence-electron chi connectivity index (χ1n) is 6.59. The molecule has 3 N–H and O–H groups in total. The highest BCUT2D eigenvalue weighted by molar-refractivity contribution is 6.30. The Balaban J connectivity index is 2.73. The van der Waals surface area contributed by atoms with E-state index in [1.54, 1.807) is 30.3 Å². The fourth-order valence-electron chi connectivity index (χ4n) is 1.63. The molecule has 0 saturated carbocycles. The van der Waals surface area contributed by atoms with Crippen LogP contribution in [-0.2, 0) is 16.1 Å². The molecule has 1 rings (SSSR count). The Kier molecular flexibility index (Phi) is 7.09. The first-order chi connectivity index (χ1) is 10.5. The summed E-state index contributed by atoms with van der Waals surface area (Å²) in [5.74, 6) is -0.843. The average Bonchev–Trinajstić information content (AvgIpc) is 2.50. The zero-order valence-electron chi connectivity index (χ0n) is 12.2. The fraction of sp³-hybridized carbons (Fsp3) is 0.267. The lowest BCUT2D eigenvalue weighted by Gasteiger charge is -2.15. The zero-order chi connectivity index (χ0) is 16.5. The van der Waals surface area contributed by atoms with Gasteiger partial charge >= 0.3 is 0 Å². The Morgan fingerprint density at radius 3 is 2.55 bits per heavy atom. The molecule has 7 heteroatoms. The van der Waals surface area contributed by atoms with Crippen LogP contribution in [0.4, 0.5) is 0 Å². The second kappa shape index (κ2) is 8.82. The van der Waals surface area contributed by atoms with Crippen LogP contribution in [-0.4, -0.2) is 29.8 Å². The van der Waals surface area contributed by atoms with Crippen LogP contribution in [0.5, 0.6) is 0 Å². The van der Waals surface area contributed by atoms with Crippen LogP contribution in [0, 0.1) is 11.3 Å². The molecule has 0 spiro atoms. The number of nitrogens with two attached hydrogens (primary N) is 1. The van der Waals surface area contributed by atoms with Crippen LogP contribution in [0.1, 0.15) is 12.5 Å². The van der Waals surface area contributed by atoms with Gasteiger partial charge in [-0.25, -0.2) is 0 Å². The van der Waals surface area contributed by atoms with E-state index in [1.807, 2.05) is 0 Å². The third-order valence-corrected chi connectivity index (χ3v) is 3.04. The maximum absolute atomic E-state index is 12.0. The van der Waals surface area contributed by atoms with Crippen LogP contribution in [0.2, 0.25) is 5.02 Å². The van der Waals surface area contributed by atoms with Crippen LogP contribution < -0.4 is 11.1 Å². The van der Waals surface area contributed by atoms with Gasteiger partial charge < -0.3 is 16.0 Å². The standard InChI is InChI=1S/C15H17ClN4O2/c1-11(21)20(7-6-17)10-13(8-18)15(22)19-9-12-2-4-14(16)5-3-12/h2-5,10H,6-7,9,17H2,1H3,(H,19,22)/b13-10-.